The normalized spacial score (nSPS) is 11.2. The molecule has 0 saturated heterocycles. The van der Waals surface area contributed by atoms with Gasteiger partial charge in [-0.05, 0) is 75.3 Å². The molecule has 0 atom stereocenters. The van der Waals surface area contributed by atoms with Gasteiger partial charge in [0.1, 0.15) is 11.2 Å². The van der Waals surface area contributed by atoms with Crippen LogP contribution in [-0.4, -0.2) is 0 Å². The second-order valence-electron chi connectivity index (χ2n) is 14.0. The Morgan fingerprint density at radius 3 is 1.45 bits per heavy atom. The van der Waals surface area contributed by atoms with Crippen LogP contribution in [0.5, 0.6) is 0 Å². The standard InChI is InChI=1S/C54H37NO/c1-5-19-38(20-6-1)42-33-35-50(48(37-42)41-25-11-4-12-26-41)55(49-31-17-15-29-46(49)45-28-14-13-27-43(45)39-21-7-2-8-22-39)51-36-34-44(40-23-9-3-10-24-40)54-53(51)47-30-16-18-32-52(47)56-54/h1-37H. The summed E-state index contributed by atoms with van der Waals surface area (Å²) in [6.07, 6.45) is 0. The third-order valence-electron chi connectivity index (χ3n) is 10.7. The summed E-state index contributed by atoms with van der Waals surface area (Å²) < 4.78 is 6.86. The van der Waals surface area contributed by atoms with Gasteiger partial charge in [0.15, 0.2) is 0 Å². The van der Waals surface area contributed by atoms with E-state index >= 15 is 0 Å². The number of nitrogens with zero attached hydrogens (tertiary/aromatic N) is 1. The molecule has 56 heavy (non-hydrogen) atoms. The lowest BCUT2D eigenvalue weighted by Gasteiger charge is -2.31. The molecule has 0 aliphatic heterocycles. The van der Waals surface area contributed by atoms with Crippen LogP contribution in [0.2, 0.25) is 0 Å². The zero-order valence-electron chi connectivity index (χ0n) is 30.7. The number of para-hydroxylation sites is 2. The Hall–Kier alpha value is -7.42. The summed E-state index contributed by atoms with van der Waals surface area (Å²) in [5.41, 5.74) is 16.3. The summed E-state index contributed by atoms with van der Waals surface area (Å²) in [6.45, 7) is 0. The Bertz CT molecular complexity index is 2950. The first-order chi connectivity index (χ1) is 27.8. The van der Waals surface area contributed by atoms with E-state index < -0.39 is 0 Å². The van der Waals surface area contributed by atoms with Crippen LogP contribution in [0, 0.1) is 0 Å². The van der Waals surface area contributed by atoms with E-state index in [9.17, 15) is 0 Å². The van der Waals surface area contributed by atoms with Crippen molar-refractivity contribution in [3.8, 4) is 55.6 Å². The van der Waals surface area contributed by atoms with Gasteiger partial charge in [-0.2, -0.15) is 0 Å². The van der Waals surface area contributed by atoms with E-state index in [4.69, 9.17) is 4.42 Å². The highest BCUT2D eigenvalue weighted by atomic mass is 16.3. The Morgan fingerprint density at radius 1 is 0.286 bits per heavy atom. The minimum Gasteiger partial charge on any atom is -0.455 e. The molecule has 0 spiro atoms. The SMILES string of the molecule is c1ccc(-c2ccc(N(c3ccccc3-c3ccccc3-c3ccccc3)c3ccc(-c4ccccc4)c4oc5ccccc5c34)c(-c3ccccc3)c2)cc1. The van der Waals surface area contributed by atoms with Crippen molar-refractivity contribution in [2.45, 2.75) is 0 Å². The molecule has 0 N–H and O–H groups in total. The van der Waals surface area contributed by atoms with E-state index in [0.717, 1.165) is 77.9 Å². The number of rotatable bonds is 8. The second-order valence-corrected chi connectivity index (χ2v) is 14.0. The Morgan fingerprint density at radius 2 is 0.768 bits per heavy atom. The monoisotopic (exact) mass is 715 g/mol. The van der Waals surface area contributed by atoms with Gasteiger partial charge in [-0.15, -0.1) is 0 Å². The molecule has 0 fully saturated rings. The molecule has 2 nitrogen and oxygen atoms in total. The first kappa shape index (κ1) is 33.2. The summed E-state index contributed by atoms with van der Waals surface area (Å²) in [7, 11) is 0. The molecule has 1 aromatic heterocycles. The number of anilines is 3. The molecule has 0 radical (unpaired) electrons. The fourth-order valence-corrected chi connectivity index (χ4v) is 8.11. The van der Waals surface area contributed by atoms with Crippen LogP contribution in [0.1, 0.15) is 0 Å². The third-order valence-corrected chi connectivity index (χ3v) is 10.7. The lowest BCUT2D eigenvalue weighted by Crippen LogP contribution is -2.13. The van der Waals surface area contributed by atoms with Crippen LogP contribution in [0.25, 0.3) is 77.6 Å². The maximum atomic E-state index is 6.86. The average molecular weight is 716 g/mol. The first-order valence-electron chi connectivity index (χ1n) is 19.1. The van der Waals surface area contributed by atoms with E-state index in [-0.39, 0.29) is 0 Å². The van der Waals surface area contributed by atoms with Crippen LogP contribution in [0.4, 0.5) is 17.1 Å². The van der Waals surface area contributed by atoms with Crippen molar-refractivity contribution >= 4 is 39.0 Å². The van der Waals surface area contributed by atoms with Crippen molar-refractivity contribution in [1.82, 2.24) is 0 Å². The molecule has 0 unspecified atom stereocenters. The molecule has 0 aliphatic rings. The Balaban J connectivity index is 1.31. The third kappa shape index (κ3) is 5.95. The van der Waals surface area contributed by atoms with Gasteiger partial charge in [0.05, 0.1) is 22.4 Å². The summed E-state index contributed by atoms with van der Waals surface area (Å²) in [5.74, 6) is 0. The van der Waals surface area contributed by atoms with E-state index in [1.807, 2.05) is 0 Å². The number of furan rings is 1. The molecule has 9 aromatic carbocycles. The molecule has 10 rings (SSSR count). The van der Waals surface area contributed by atoms with Crippen molar-refractivity contribution in [1.29, 1.82) is 0 Å². The molecule has 264 valence electrons. The van der Waals surface area contributed by atoms with Crippen LogP contribution in [-0.2, 0) is 0 Å². The molecule has 0 aliphatic carbocycles. The average Bonchev–Trinajstić information content (AvgIpc) is 3.68. The summed E-state index contributed by atoms with van der Waals surface area (Å²) in [5, 5.41) is 2.14. The predicted octanol–water partition coefficient (Wildman–Crippen LogP) is 15.4. The van der Waals surface area contributed by atoms with Gasteiger partial charge in [-0.25, -0.2) is 0 Å². The largest absolute Gasteiger partial charge is 0.455 e. The van der Waals surface area contributed by atoms with E-state index in [2.05, 4.69) is 229 Å². The van der Waals surface area contributed by atoms with Gasteiger partial charge in [0.25, 0.3) is 0 Å². The molecule has 1 heterocycles. The Kier molecular flexibility index (Phi) is 8.55. The molecule has 0 bridgehead atoms. The van der Waals surface area contributed by atoms with Crippen LogP contribution >= 0.6 is 0 Å². The highest BCUT2D eigenvalue weighted by Gasteiger charge is 2.26. The zero-order valence-corrected chi connectivity index (χ0v) is 30.7. The fourth-order valence-electron chi connectivity index (χ4n) is 8.11. The summed E-state index contributed by atoms with van der Waals surface area (Å²) in [6, 6.07) is 80.0. The smallest absolute Gasteiger partial charge is 0.145 e. The zero-order chi connectivity index (χ0) is 37.3. The Labute approximate surface area is 327 Å². The summed E-state index contributed by atoms with van der Waals surface area (Å²) in [4.78, 5) is 2.47. The molecular weight excluding hydrogens is 679 g/mol. The lowest BCUT2D eigenvalue weighted by molar-refractivity contribution is 0.670. The molecule has 0 saturated carbocycles. The van der Waals surface area contributed by atoms with Gasteiger partial charge in [-0.1, -0.05) is 188 Å². The van der Waals surface area contributed by atoms with Crippen LogP contribution < -0.4 is 4.90 Å². The van der Waals surface area contributed by atoms with Gasteiger partial charge >= 0.3 is 0 Å². The summed E-state index contributed by atoms with van der Waals surface area (Å²) >= 11 is 0. The minimum atomic E-state index is 0.859. The van der Waals surface area contributed by atoms with Gasteiger partial charge in [0, 0.05) is 22.1 Å². The molecule has 2 heteroatoms. The molecular formula is C54H37NO. The van der Waals surface area contributed by atoms with Crippen LogP contribution in [0.3, 0.4) is 0 Å². The maximum absolute atomic E-state index is 6.86. The van der Waals surface area contributed by atoms with Crippen molar-refractivity contribution in [3.63, 3.8) is 0 Å². The number of fused-ring (bicyclic) bond motifs is 3. The lowest BCUT2D eigenvalue weighted by atomic mass is 9.91. The van der Waals surface area contributed by atoms with Gasteiger partial charge < -0.3 is 9.32 Å². The first-order valence-corrected chi connectivity index (χ1v) is 19.1. The highest BCUT2D eigenvalue weighted by Crippen LogP contribution is 2.51. The van der Waals surface area contributed by atoms with E-state index in [1.165, 1.54) is 16.7 Å². The molecule has 0 amide bonds. The maximum Gasteiger partial charge on any atom is 0.145 e. The van der Waals surface area contributed by atoms with Crippen molar-refractivity contribution < 1.29 is 4.42 Å². The number of hydrogen-bond donors (Lipinski definition) is 0. The van der Waals surface area contributed by atoms with Crippen molar-refractivity contribution in [2.24, 2.45) is 0 Å². The topological polar surface area (TPSA) is 16.4 Å². The highest BCUT2D eigenvalue weighted by molar-refractivity contribution is 6.18. The number of hydrogen-bond acceptors (Lipinski definition) is 2. The van der Waals surface area contributed by atoms with Crippen molar-refractivity contribution in [3.05, 3.63) is 224 Å². The van der Waals surface area contributed by atoms with Crippen molar-refractivity contribution in [2.75, 3.05) is 4.90 Å². The molecule has 10 aromatic rings. The van der Waals surface area contributed by atoms with E-state index in [0.29, 0.717) is 0 Å². The van der Waals surface area contributed by atoms with E-state index in [1.54, 1.807) is 0 Å². The minimum absolute atomic E-state index is 0.859. The number of benzene rings is 9. The van der Waals surface area contributed by atoms with Crippen LogP contribution in [0.15, 0.2) is 229 Å². The second kappa shape index (κ2) is 14.4. The predicted molar refractivity (Wildman–Crippen MR) is 236 cm³/mol. The quantitative estimate of drug-likeness (QED) is 0.156. The van der Waals surface area contributed by atoms with Gasteiger partial charge in [-0.3, -0.25) is 0 Å². The fraction of sp³-hybridized carbons (Fsp3) is 0. The van der Waals surface area contributed by atoms with Gasteiger partial charge in [0.2, 0.25) is 0 Å².